The summed E-state index contributed by atoms with van der Waals surface area (Å²) >= 11 is 1.38. The Kier molecular flexibility index (Phi) is 4.94. The van der Waals surface area contributed by atoms with Crippen LogP contribution in [0.1, 0.15) is 5.69 Å². The molecule has 1 N–H and O–H groups in total. The Morgan fingerprint density at radius 3 is 3.12 bits per heavy atom. The second-order valence-electron chi connectivity index (χ2n) is 3.39. The highest BCUT2D eigenvalue weighted by molar-refractivity contribution is 7.13. The molecule has 0 spiro atoms. The lowest BCUT2D eigenvalue weighted by atomic mass is 10.5. The highest BCUT2D eigenvalue weighted by atomic mass is 32.1. The largest absolute Gasteiger partial charge is 0.445 e. The van der Waals surface area contributed by atoms with Gasteiger partial charge in [-0.3, -0.25) is 5.32 Å². The summed E-state index contributed by atoms with van der Waals surface area (Å²) in [6, 6.07) is 0. The van der Waals surface area contributed by atoms with E-state index in [4.69, 9.17) is 4.74 Å². The molecule has 0 aliphatic rings. The number of thiazole rings is 1. The quantitative estimate of drug-likeness (QED) is 0.800. The third-order valence-electron chi connectivity index (χ3n) is 1.57. The summed E-state index contributed by atoms with van der Waals surface area (Å²) < 4.78 is 4.77. The maximum atomic E-state index is 11.2. The Labute approximate surface area is 98.7 Å². The van der Waals surface area contributed by atoms with E-state index in [-0.39, 0.29) is 6.61 Å². The average Bonchev–Trinajstić information content (AvgIpc) is 2.61. The molecule has 0 saturated carbocycles. The smallest absolute Gasteiger partial charge is 0.413 e. The molecular weight excluding hydrogens is 226 g/mol. The number of hydrogen-bond acceptors (Lipinski definition) is 5. The van der Waals surface area contributed by atoms with Crippen LogP contribution in [-0.4, -0.2) is 36.7 Å². The minimum atomic E-state index is -0.509. The Morgan fingerprint density at radius 2 is 2.50 bits per heavy atom. The second-order valence-corrected chi connectivity index (χ2v) is 4.25. The Hall–Kier alpha value is -1.40. The van der Waals surface area contributed by atoms with E-state index in [2.05, 4.69) is 16.9 Å². The van der Waals surface area contributed by atoms with Gasteiger partial charge in [0.2, 0.25) is 0 Å². The third-order valence-corrected chi connectivity index (χ3v) is 2.38. The molecule has 0 radical (unpaired) electrons. The van der Waals surface area contributed by atoms with Crippen molar-refractivity contribution in [2.45, 2.75) is 6.54 Å². The molecule has 0 aliphatic heterocycles. The van der Waals surface area contributed by atoms with Gasteiger partial charge in [0, 0.05) is 11.9 Å². The van der Waals surface area contributed by atoms with Gasteiger partial charge in [-0.05, 0) is 14.1 Å². The van der Waals surface area contributed by atoms with E-state index in [1.807, 2.05) is 24.4 Å². The number of carbonyl (C=O) groups is 1. The van der Waals surface area contributed by atoms with Crippen LogP contribution in [0.4, 0.5) is 9.93 Å². The fourth-order valence-corrected chi connectivity index (χ4v) is 1.71. The molecule has 1 rings (SSSR count). The van der Waals surface area contributed by atoms with E-state index in [0.29, 0.717) is 5.13 Å². The molecule has 0 aromatic carbocycles. The van der Waals surface area contributed by atoms with Crippen LogP contribution in [-0.2, 0) is 11.3 Å². The molecule has 0 atom stereocenters. The van der Waals surface area contributed by atoms with Gasteiger partial charge in [0.05, 0.1) is 5.69 Å². The number of nitrogens with one attached hydrogen (secondary N) is 1. The summed E-state index contributed by atoms with van der Waals surface area (Å²) in [6.45, 7) is 4.40. The van der Waals surface area contributed by atoms with Gasteiger partial charge in [0.1, 0.15) is 6.61 Å². The summed E-state index contributed by atoms with van der Waals surface area (Å²) in [7, 11) is 3.93. The summed E-state index contributed by atoms with van der Waals surface area (Å²) in [5, 5.41) is 5.00. The molecular formula is C10H15N3O2S. The van der Waals surface area contributed by atoms with Crippen molar-refractivity contribution in [3.05, 3.63) is 23.7 Å². The standard InChI is InChI=1S/C10H15N3O2S/c1-4-5-15-10(14)12-9-11-8(7-16-9)6-13(2)3/h4,7H,1,5-6H2,2-3H3,(H,11,12,14). The van der Waals surface area contributed by atoms with Crippen LogP contribution in [0.5, 0.6) is 0 Å². The Balaban J connectivity index is 2.45. The molecule has 16 heavy (non-hydrogen) atoms. The van der Waals surface area contributed by atoms with Crippen LogP contribution in [0.15, 0.2) is 18.0 Å². The summed E-state index contributed by atoms with van der Waals surface area (Å²) in [4.78, 5) is 17.4. The van der Waals surface area contributed by atoms with Crippen molar-refractivity contribution < 1.29 is 9.53 Å². The van der Waals surface area contributed by atoms with Crippen LogP contribution in [0.2, 0.25) is 0 Å². The number of aromatic nitrogens is 1. The molecule has 1 heterocycles. The number of rotatable bonds is 5. The number of carbonyl (C=O) groups excluding carboxylic acids is 1. The van der Waals surface area contributed by atoms with E-state index in [0.717, 1.165) is 12.2 Å². The van der Waals surface area contributed by atoms with Gasteiger partial charge in [-0.15, -0.1) is 11.3 Å². The highest BCUT2D eigenvalue weighted by Crippen LogP contribution is 2.16. The van der Waals surface area contributed by atoms with Crippen LogP contribution in [0.25, 0.3) is 0 Å². The molecule has 6 heteroatoms. The van der Waals surface area contributed by atoms with Crippen molar-refractivity contribution in [1.82, 2.24) is 9.88 Å². The lowest BCUT2D eigenvalue weighted by molar-refractivity contribution is 0.174. The monoisotopic (exact) mass is 241 g/mol. The first-order valence-corrected chi connectivity index (χ1v) is 5.63. The molecule has 1 amide bonds. The molecule has 0 bridgehead atoms. The first-order valence-electron chi connectivity index (χ1n) is 4.75. The van der Waals surface area contributed by atoms with Gasteiger partial charge in [0.15, 0.2) is 5.13 Å². The van der Waals surface area contributed by atoms with Crippen molar-refractivity contribution in [2.75, 3.05) is 26.0 Å². The van der Waals surface area contributed by atoms with E-state index in [1.54, 1.807) is 0 Å². The van der Waals surface area contributed by atoms with Crippen molar-refractivity contribution in [3.63, 3.8) is 0 Å². The predicted octanol–water partition coefficient (Wildman–Crippen LogP) is 1.94. The summed E-state index contributed by atoms with van der Waals surface area (Å²) in [5.41, 5.74) is 0.925. The zero-order valence-electron chi connectivity index (χ0n) is 9.40. The van der Waals surface area contributed by atoms with Crippen molar-refractivity contribution >= 4 is 22.6 Å². The third kappa shape index (κ3) is 4.41. The SMILES string of the molecule is C=CCOC(=O)Nc1nc(CN(C)C)cs1. The fraction of sp³-hybridized carbons (Fsp3) is 0.400. The van der Waals surface area contributed by atoms with E-state index in [9.17, 15) is 4.79 Å². The number of ether oxygens (including phenoxy) is 1. The first-order chi connectivity index (χ1) is 7.61. The summed E-state index contributed by atoms with van der Waals surface area (Å²) in [5.74, 6) is 0. The molecule has 0 fully saturated rings. The molecule has 1 aromatic rings. The van der Waals surface area contributed by atoms with Crippen molar-refractivity contribution in [1.29, 1.82) is 0 Å². The topological polar surface area (TPSA) is 54.5 Å². The molecule has 88 valence electrons. The van der Waals surface area contributed by atoms with Gasteiger partial charge in [-0.1, -0.05) is 12.7 Å². The van der Waals surface area contributed by atoms with Gasteiger partial charge in [-0.25, -0.2) is 9.78 Å². The number of hydrogen-bond donors (Lipinski definition) is 1. The zero-order chi connectivity index (χ0) is 12.0. The molecule has 5 nitrogen and oxygen atoms in total. The van der Waals surface area contributed by atoms with Gasteiger partial charge >= 0.3 is 6.09 Å². The fourth-order valence-electron chi connectivity index (χ4n) is 1.02. The molecule has 0 aliphatic carbocycles. The van der Waals surface area contributed by atoms with Crippen LogP contribution in [0.3, 0.4) is 0 Å². The van der Waals surface area contributed by atoms with Gasteiger partial charge in [-0.2, -0.15) is 0 Å². The Bertz CT molecular complexity index is 363. The maximum absolute atomic E-state index is 11.2. The highest BCUT2D eigenvalue weighted by Gasteiger charge is 2.07. The zero-order valence-corrected chi connectivity index (χ0v) is 10.2. The lowest BCUT2D eigenvalue weighted by Crippen LogP contribution is -2.14. The molecule has 0 saturated heterocycles. The lowest BCUT2D eigenvalue weighted by Gasteiger charge is -2.05. The van der Waals surface area contributed by atoms with Crippen molar-refractivity contribution in [3.8, 4) is 0 Å². The summed E-state index contributed by atoms with van der Waals surface area (Å²) in [6.07, 6.45) is 1.00. The van der Waals surface area contributed by atoms with Crippen LogP contribution < -0.4 is 5.32 Å². The van der Waals surface area contributed by atoms with Gasteiger partial charge in [0.25, 0.3) is 0 Å². The predicted molar refractivity (Wildman–Crippen MR) is 64.7 cm³/mol. The van der Waals surface area contributed by atoms with E-state index < -0.39 is 6.09 Å². The average molecular weight is 241 g/mol. The normalized spacial score (nSPS) is 10.2. The number of amides is 1. The minimum Gasteiger partial charge on any atom is -0.445 e. The maximum Gasteiger partial charge on any atom is 0.413 e. The second kappa shape index (κ2) is 6.24. The van der Waals surface area contributed by atoms with Crippen LogP contribution >= 0.6 is 11.3 Å². The van der Waals surface area contributed by atoms with Crippen molar-refractivity contribution in [2.24, 2.45) is 0 Å². The van der Waals surface area contributed by atoms with Crippen LogP contribution in [0, 0.1) is 0 Å². The molecule has 1 aromatic heterocycles. The molecule has 0 unspecified atom stereocenters. The number of nitrogens with zero attached hydrogens (tertiary/aromatic N) is 2. The van der Waals surface area contributed by atoms with Gasteiger partial charge < -0.3 is 9.64 Å². The Morgan fingerprint density at radius 1 is 1.75 bits per heavy atom. The van der Waals surface area contributed by atoms with E-state index >= 15 is 0 Å². The number of anilines is 1. The first kappa shape index (κ1) is 12.7. The minimum absolute atomic E-state index is 0.196. The van der Waals surface area contributed by atoms with E-state index in [1.165, 1.54) is 17.4 Å².